The number of ether oxygens (including phenoxy) is 3. The molecule has 0 saturated carbocycles. The van der Waals surface area contributed by atoms with Crippen LogP contribution in [0.3, 0.4) is 0 Å². The number of piperidine rings is 1. The highest BCUT2D eigenvalue weighted by Gasteiger charge is 2.18. The number of nitrogens with one attached hydrogen (secondary N) is 3. The number of carbonyl (C=O) groups is 2. The van der Waals surface area contributed by atoms with Gasteiger partial charge in [-0.2, -0.15) is 0 Å². The number of pyridine rings is 1. The number of methoxy groups -OCH3 is 1. The van der Waals surface area contributed by atoms with Crippen LogP contribution in [0.5, 0.6) is 23.0 Å². The van der Waals surface area contributed by atoms with E-state index in [1.54, 1.807) is 31.5 Å². The van der Waals surface area contributed by atoms with Crippen LogP contribution in [0.2, 0.25) is 0 Å². The maximum atomic E-state index is 15.0. The first-order valence-corrected chi connectivity index (χ1v) is 14.4. The van der Waals surface area contributed by atoms with Crippen molar-refractivity contribution in [2.45, 2.75) is 25.7 Å². The Hall–Kier alpha value is -4.70. The largest absolute Gasteiger partial charge is 0.493 e. The van der Waals surface area contributed by atoms with Gasteiger partial charge in [-0.05, 0) is 74.5 Å². The zero-order valence-corrected chi connectivity index (χ0v) is 24.0. The fraction of sp³-hybridized carbons (Fsp3) is 0.303. The molecule has 0 unspecified atom stereocenters. The topological polar surface area (TPSA) is 111 Å². The molecule has 1 aliphatic heterocycles. The van der Waals surface area contributed by atoms with Crippen LogP contribution < -0.4 is 30.2 Å². The van der Waals surface area contributed by atoms with Gasteiger partial charge < -0.3 is 30.2 Å². The van der Waals surface area contributed by atoms with Gasteiger partial charge in [0.05, 0.1) is 19.2 Å². The van der Waals surface area contributed by atoms with Gasteiger partial charge in [0.25, 0.3) is 0 Å². The Balaban J connectivity index is 1.19. The van der Waals surface area contributed by atoms with E-state index in [4.69, 9.17) is 14.2 Å². The number of benzene rings is 3. The van der Waals surface area contributed by atoms with Crippen molar-refractivity contribution in [3.63, 3.8) is 0 Å². The third-order valence-electron chi connectivity index (χ3n) is 7.31. The zero-order valence-electron chi connectivity index (χ0n) is 24.0. The predicted octanol–water partition coefficient (Wildman–Crippen LogP) is 5.24. The lowest BCUT2D eigenvalue weighted by molar-refractivity contribution is -0.136. The van der Waals surface area contributed by atoms with Crippen molar-refractivity contribution in [3.8, 4) is 23.0 Å². The molecule has 224 valence electrons. The van der Waals surface area contributed by atoms with E-state index >= 15 is 4.39 Å². The van der Waals surface area contributed by atoms with Gasteiger partial charge in [-0.15, -0.1) is 0 Å². The molecule has 43 heavy (non-hydrogen) atoms. The maximum absolute atomic E-state index is 15.0. The molecular weight excluding hydrogens is 551 g/mol. The molecular formula is C33H35FN4O5. The Morgan fingerprint density at radius 3 is 2.53 bits per heavy atom. The molecule has 1 aromatic heterocycles. The Morgan fingerprint density at radius 2 is 1.77 bits per heavy atom. The summed E-state index contributed by atoms with van der Waals surface area (Å²) in [6.07, 6.45) is 5.16. The number of hydrogen-bond acceptors (Lipinski definition) is 7. The minimum absolute atomic E-state index is 0.0546. The van der Waals surface area contributed by atoms with Crippen LogP contribution in [0, 0.1) is 11.7 Å². The summed E-state index contributed by atoms with van der Waals surface area (Å²) in [5.74, 6) is -0.469. The summed E-state index contributed by atoms with van der Waals surface area (Å²) in [5, 5.41) is 8.99. The van der Waals surface area contributed by atoms with Gasteiger partial charge in [0.15, 0.2) is 23.1 Å². The van der Waals surface area contributed by atoms with E-state index < -0.39 is 17.6 Å². The molecule has 9 nitrogen and oxygen atoms in total. The van der Waals surface area contributed by atoms with Crippen LogP contribution in [0.25, 0.3) is 10.9 Å². The number of nitrogens with zero attached hydrogens (tertiary/aromatic N) is 1. The molecule has 4 aromatic rings. The molecule has 0 aliphatic carbocycles. The number of aryl methyl sites for hydroxylation is 1. The summed E-state index contributed by atoms with van der Waals surface area (Å²) in [7, 11) is 1.56. The fourth-order valence-electron chi connectivity index (χ4n) is 4.93. The number of carbonyl (C=O) groups excluding carboxylic acids is 2. The number of hydrogen-bond donors (Lipinski definition) is 3. The van der Waals surface area contributed by atoms with E-state index in [9.17, 15) is 9.59 Å². The van der Waals surface area contributed by atoms with Crippen molar-refractivity contribution in [1.29, 1.82) is 0 Å². The molecule has 0 radical (unpaired) electrons. The molecule has 0 atom stereocenters. The monoisotopic (exact) mass is 586 g/mol. The Kier molecular flexibility index (Phi) is 10.0. The minimum Gasteiger partial charge on any atom is -0.493 e. The Morgan fingerprint density at radius 1 is 0.953 bits per heavy atom. The van der Waals surface area contributed by atoms with Gasteiger partial charge in [-0.1, -0.05) is 30.3 Å². The molecule has 0 bridgehead atoms. The summed E-state index contributed by atoms with van der Waals surface area (Å²) < 4.78 is 32.6. The quantitative estimate of drug-likeness (QED) is 0.163. The number of amides is 2. The molecule has 1 fully saturated rings. The van der Waals surface area contributed by atoms with Crippen LogP contribution in [0.15, 0.2) is 72.9 Å². The van der Waals surface area contributed by atoms with Crippen LogP contribution in [0.4, 0.5) is 10.1 Å². The van der Waals surface area contributed by atoms with E-state index in [1.165, 1.54) is 12.1 Å². The van der Waals surface area contributed by atoms with E-state index in [1.807, 2.05) is 30.3 Å². The molecule has 3 N–H and O–H groups in total. The van der Waals surface area contributed by atoms with Gasteiger partial charge in [-0.3, -0.25) is 14.6 Å². The standard InChI is InChI=1S/C33H35FN4O5/c1-41-30-19-25-27(20-31(30)42-21-23-11-15-35-16-12-23)36-17-13-28(25)43-29-10-9-24(18-26(29)34)38-33(40)32(39)37-14-5-8-22-6-3-2-4-7-22/h2-4,6-7,9-10,13,17-20,23,35H,5,8,11-12,14-16,21H2,1H3,(H,37,39)(H,38,40). The van der Waals surface area contributed by atoms with Crippen molar-refractivity contribution in [1.82, 2.24) is 15.6 Å². The zero-order chi connectivity index (χ0) is 30.0. The lowest BCUT2D eigenvalue weighted by Gasteiger charge is -2.23. The smallest absolute Gasteiger partial charge is 0.313 e. The van der Waals surface area contributed by atoms with Gasteiger partial charge in [0, 0.05) is 35.9 Å². The van der Waals surface area contributed by atoms with E-state index in [-0.39, 0.29) is 11.4 Å². The van der Waals surface area contributed by atoms with Gasteiger partial charge in [0.2, 0.25) is 0 Å². The van der Waals surface area contributed by atoms with Gasteiger partial charge >= 0.3 is 11.8 Å². The number of aromatic nitrogens is 1. The number of halogens is 1. The summed E-state index contributed by atoms with van der Waals surface area (Å²) in [4.78, 5) is 29.0. The number of rotatable bonds is 11. The second kappa shape index (κ2) is 14.5. The lowest BCUT2D eigenvalue weighted by atomic mass is 9.99. The summed E-state index contributed by atoms with van der Waals surface area (Å²) >= 11 is 0. The highest BCUT2D eigenvalue weighted by molar-refractivity contribution is 6.39. The SMILES string of the molecule is COc1cc2c(Oc3ccc(NC(=O)C(=O)NCCCc4ccccc4)cc3F)ccnc2cc1OCC1CCNCC1. The molecule has 0 spiro atoms. The van der Waals surface area contributed by atoms with Gasteiger partial charge in [0.1, 0.15) is 5.75 Å². The van der Waals surface area contributed by atoms with Crippen molar-refractivity contribution < 1.29 is 28.2 Å². The summed E-state index contributed by atoms with van der Waals surface area (Å²) in [5.41, 5.74) is 1.89. The molecule has 1 aliphatic rings. The number of anilines is 1. The fourth-order valence-corrected chi connectivity index (χ4v) is 4.93. The first kappa shape index (κ1) is 29.8. The van der Waals surface area contributed by atoms with E-state index in [0.717, 1.165) is 44.0 Å². The summed E-state index contributed by atoms with van der Waals surface area (Å²) in [6, 6.07) is 19.0. The molecule has 5 rings (SSSR count). The third kappa shape index (κ3) is 7.98. The van der Waals surface area contributed by atoms with Crippen molar-refractivity contribution in [2.24, 2.45) is 5.92 Å². The average Bonchev–Trinajstić information content (AvgIpc) is 3.04. The first-order valence-electron chi connectivity index (χ1n) is 14.4. The Labute approximate surface area is 249 Å². The van der Waals surface area contributed by atoms with Crippen molar-refractivity contribution >= 4 is 28.4 Å². The van der Waals surface area contributed by atoms with Crippen molar-refractivity contribution in [3.05, 3.63) is 84.3 Å². The predicted molar refractivity (Wildman–Crippen MR) is 162 cm³/mol. The summed E-state index contributed by atoms with van der Waals surface area (Å²) in [6.45, 7) is 2.91. The molecule has 3 aromatic carbocycles. The maximum Gasteiger partial charge on any atom is 0.313 e. The molecule has 10 heteroatoms. The van der Waals surface area contributed by atoms with Gasteiger partial charge in [-0.25, -0.2) is 4.39 Å². The van der Waals surface area contributed by atoms with Crippen LogP contribution in [0.1, 0.15) is 24.8 Å². The van der Waals surface area contributed by atoms with E-state index in [2.05, 4.69) is 20.9 Å². The second-order valence-electron chi connectivity index (χ2n) is 10.4. The van der Waals surface area contributed by atoms with Crippen LogP contribution in [-0.4, -0.2) is 50.1 Å². The minimum atomic E-state index is -0.877. The third-order valence-corrected chi connectivity index (χ3v) is 7.31. The second-order valence-corrected chi connectivity index (χ2v) is 10.4. The highest BCUT2D eigenvalue weighted by Crippen LogP contribution is 2.38. The lowest BCUT2D eigenvalue weighted by Crippen LogP contribution is -2.36. The van der Waals surface area contributed by atoms with Crippen LogP contribution >= 0.6 is 0 Å². The Bertz CT molecular complexity index is 1560. The van der Waals surface area contributed by atoms with E-state index in [0.29, 0.717) is 53.6 Å². The molecule has 2 heterocycles. The molecule has 1 saturated heterocycles. The molecule has 2 amide bonds. The average molecular weight is 587 g/mol. The van der Waals surface area contributed by atoms with Crippen LogP contribution in [-0.2, 0) is 16.0 Å². The highest BCUT2D eigenvalue weighted by atomic mass is 19.1. The first-order chi connectivity index (χ1) is 21.0. The normalized spacial score (nSPS) is 13.3. The number of fused-ring (bicyclic) bond motifs is 1. The van der Waals surface area contributed by atoms with Crippen molar-refractivity contribution in [2.75, 3.05) is 38.7 Å².